The van der Waals surface area contributed by atoms with E-state index in [1.165, 1.54) is 25.7 Å². The van der Waals surface area contributed by atoms with Crippen molar-refractivity contribution in [1.82, 2.24) is 14.7 Å². The van der Waals surface area contributed by atoms with Crippen LogP contribution in [-0.4, -0.2) is 39.1 Å². The van der Waals surface area contributed by atoms with E-state index in [9.17, 15) is 4.79 Å². The highest BCUT2D eigenvalue weighted by Crippen LogP contribution is 2.24. The van der Waals surface area contributed by atoms with Gasteiger partial charge in [-0.25, -0.2) is 0 Å². The maximum absolute atomic E-state index is 12.9. The minimum Gasteiger partial charge on any atom is -0.291 e. The summed E-state index contributed by atoms with van der Waals surface area (Å²) in [5, 5.41) is 4.28. The fraction of sp³-hybridized carbons (Fsp3) is 0.750. The van der Waals surface area contributed by atoms with Gasteiger partial charge in [-0.15, -0.1) is 0 Å². The molecular formula is C16H27N3O. The number of hydrogen-bond donors (Lipinski definition) is 0. The summed E-state index contributed by atoms with van der Waals surface area (Å²) in [6, 6.07) is 1.86. The third-order valence-electron chi connectivity index (χ3n) is 4.34. The smallest absolute Gasteiger partial charge is 0.200 e. The van der Waals surface area contributed by atoms with E-state index in [1.54, 1.807) is 6.20 Å². The molecule has 1 aliphatic heterocycles. The quantitative estimate of drug-likeness (QED) is 0.776. The molecule has 4 nitrogen and oxygen atoms in total. The third kappa shape index (κ3) is 3.11. The molecular weight excluding hydrogens is 250 g/mol. The normalized spacial score (nSPS) is 17.9. The molecule has 2 rings (SSSR count). The van der Waals surface area contributed by atoms with E-state index in [1.807, 2.05) is 10.7 Å². The maximum Gasteiger partial charge on any atom is 0.200 e. The second-order valence-electron chi connectivity index (χ2n) is 6.23. The zero-order valence-corrected chi connectivity index (χ0v) is 13.1. The molecule has 0 amide bonds. The van der Waals surface area contributed by atoms with Crippen molar-refractivity contribution in [2.45, 2.75) is 65.0 Å². The van der Waals surface area contributed by atoms with E-state index < -0.39 is 5.54 Å². The van der Waals surface area contributed by atoms with Gasteiger partial charge in [0.05, 0.1) is 5.54 Å². The number of ketones is 1. The van der Waals surface area contributed by atoms with Crippen LogP contribution in [0.2, 0.25) is 0 Å². The minimum atomic E-state index is -0.435. The van der Waals surface area contributed by atoms with E-state index in [-0.39, 0.29) is 5.78 Å². The molecule has 1 fully saturated rings. The largest absolute Gasteiger partial charge is 0.291 e. The molecule has 2 heterocycles. The van der Waals surface area contributed by atoms with E-state index in [4.69, 9.17) is 0 Å². The number of hydrogen-bond acceptors (Lipinski definition) is 3. The fourth-order valence-electron chi connectivity index (χ4n) is 3.00. The highest BCUT2D eigenvalue weighted by atomic mass is 16.1. The first-order valence-electron chi connectivity index (χ1n) is 7.89. The Hall–Kier alpha value is -1.16. The van der Waals surface area contributed by atoms with Gasteiger partial charge in [-0.1, -0.05) is 19.8 Å². The van der Waals surface area contributed by atoms with Gasteiger partial charge >= 0.3 is 0 Å². The molecule has 0 spiro atoms. The van der Waals surface area contributed by atoms with Crippen molar-refractivity contribution < 1.29 is 4.79 Å². The number of nitrogens with zero attached hydrogens (tertiary/aromatic N) is 3. The van der Waals surface area contributed by atoms with Gasteiger partial charge in [-0.05, 0) is 52.3 Å². The monoisotopic (exact) mass is 277 g/mol. The zero-order valence-electron chi connectivity index (χ0n) is 13.1. The van der Waals surface area contributed by atoms with Crippen molar-refractivity contribution in [3.8, 4) is 0 Å². The number of aromatic nitrogens is 2. The molecule has 112 valence electrons. The van der Waals surface area contributed by atoms with Crippen molar-refractivity contribution in [1.29, 1.82) is 0 Å². The van der Waals surface area contributed by atoms with Gasteiger partial charge in [0, 0.05) is 12.7 Å². The third-order valence-corrected chi connectivity index (χ3v) is 4.34. The first-order chi connectivity index (χ1) is 9.57. The van der Waals surface area contributed by atoms with Crippen LogP contribution in [0.3, 0.4) is 0 Å². The topological polar surface area (TPSA) is 38.1 Å². The first kappa shape index (κ1) is 15.2. The van der Waals surface area contributed by atoms with E-state index in [0.29, 0.717) is 0 Å². The van der Waals surface area contributed by atoms with Crippen LogP contribution >= 0.6 is 0 Å². The molecule has 0 saturated carbocycles. The van der Waals surface area contributed by atoms with E-state index in [2.05, 4.69) is 30.8 Å². The van der Waals surface area contributed by atoms with Crippen LogP contribution < -0.4 is 0 Å². The number of Topliss-reactive ketones (excluding diaryl/α,β-unsaturated/α-hetero) is 1. The number of carbonyl (C=O) groups is 1. The van der Waals surface area contributed by atoms with Crippen molar-refractivity contribution >= 4 is 5.78 Å². The summed E-state index contributed by atoms with van der Waals surface area (Å²) in [5.41, 5.74) is 0.316. The summed E-state index contributed by atoms with van der Waals surface area (Å²) < 4.78 is 1.85. The van der Waals surface area contributed by atoms with Crippen LogP contribution in [0.4, 0.5) is 0 Å². The summed E-state index contributed by atoms with van der Waals surface area (Å²) in [6.45, 7) is 9.09. The van der Waals surface area contributed by atoms with Crippen LogP contribution in [0.15, 0.2) is 12.3 Å². The molecule has 0 bridgehead atoms. The predicted molar refractivity (Wildman–Crippen MR) is 81.0 cm³/mol. The van der Waals surface area contributed by atoms with Gasteiger partial charge in [0.25, 0.3) is 0 Å². The van der Waals surface area contributed by atoms with Crippen LogP contribution in [0, 0.1) is 0 Å². The van der Waals surface area contributed by atoms with Crippen LogP contribution in [-0.2, 0) is 6.54 Å². The Balaban J connectivity index is 2.18. The highest BCUT2D eigenvalue weighted by molar-refractivity contribution is 6.01. The van der Waals surface area contributed by atoms with E-state index in [0.717, 1.165) is 31.7 Å². The average molecular weight is 277 g/mol. The zero-order chi connectivity index (χ0) is 14.6. The summed E-state index contributed by atoms with van der Waals surface area (Å²) >= 11 is 0. The molecule has 0 aromatic carbocycles. The van der Waals surface area contributed by atoms with Gasteiger partial charge in [-0.2, -0.15) is 5.10 Å². The van der Waals surface area contributed by atoms with Crippen LogP contribution in [0.5, 0.6) is 0 Å². The first-order valence-corrected chi connectivity index (χ1v) is 7.89. The summed E-state index contributed by atoms with van der Waals surface area (Å²) in [4.78, 5) is 15.3. The minimum absolute atomic E-state index is 0.199. The second-order valence-corrected chi connectivity index (χ2v) is 6.23. The Kier molecular flexibility index (Phi) is 4.97. The van der Waals surface area contributed by atoms with Gasteiger partial charge in [0.2, 0.25) is 0 Å². The lowest BCUT2D eigenvalue weighted by Gasteiger charge is -2.36. The number of likely N-dealkylation sites (tertiary alicyclic amines) is 1. The van der Waals surface area contributed by atoms with Gasteiger partial charge in [0.15, 0.2) is 5.78 Å². The Bertz CT molecular complexity index is 442. The Labute approximate surface area is 122 Å². The molecule has 0 N–H and O–H groups in total. The average Bonchev–Trinajstić information content (AvgIpc) is 2.71. The fourth-order valence-corrected chi connectivity index (χ4v) is 3.00. The molecule has 0 aliphatic carbocycles. The second kappa shape index (κ2) is 6.53. The van der Waals surface area contributed by atoms with Crippen LogP contribution in [0.25, 0.3) is 0 Å². The van der Waals surface area contributed by atoms with Crippen molar-refractivity contribution in [2.75, 3.05) is 13.1 Å². The van der Waals surface area contributed by atoms with Gasteiger partial charge in [-0.3, -0.25) is 14.4 Å². The maximum atomic E-state index is 12.9. The predicted octanol–water partition coefficient (Wildman–Crippen LogP) is 3.13. The highest BCUT2D eigenvalue weighted by Gasteiger charge is 2.36. The Morgan fingerprint density at radius 2 is 1.90 bits per heavy atom. The molecule has 1 saturated heterocycles. The molecule has 1 aliphatic rings. The lowest BCUT2D eigenvalue weighted by Crippen LogP contribution is -2.51. The van der Waals surface area contributed by atoms with Gasteiger partial charge < -0.3 is 0 Å². The molecule has 1 aromatic rings. The Morgan fingerprint density at radius 3 is 2.50 bits per heavy atom. The van der Waals surface area contributed by atoms with E-state index >= 15 is 0 Å². The Morgan fingerprint density at radius 1 is 1.25 bits per heavy atom. The summed E-state index contributed by atoms with van der Waals surface area (Å²) in [5.74, 6) is 0.199. The summed E-state index contributed by atoms with van der Waals surface area (Å²) in [6.07, 6.45) is 7.70. The molecule has 0 atom stereocenters. The molecule has 1 aromatic heterocycles. The number of aryl methyl sites for hydroxylation is 1. The molecule has 0 unspecified atom stereocenters. The van der Waals surface area contributed by atoms with Gasteiger partial charge in [0.1, 0.15) is 5.69 Å². The SMILES string of the molecule is CCCn1nccc1C(=O)C(C)(C)N1CCCCCC1. The molecule has 20 heavy (non-hydrogen) atoms. The number of carbonyl (C=O) groups excluding carboxylic acids is 1. The summed E-state index contributed by atoms with van der Waals surface area (Å²) in [7, 11) is 0. The standard InChI is InChI=1S/C16H27N3O/c1-4-11-19-14(9-10-17-19)15(20)16(2,3)18-12-7-5-6-8-13-18/h9-10H,4-8,11-13H2,1-3H3. The van der Waals surface area contributed by atoms with Crippen molar-refractivity contribution in [2.24, 2.45) is 0 Å². The number of rotatable bonds is 5. The van der Waals surface area contributed by atoms with Crippen LogP contribution in [0.1, 0.15) is 63.4 Å². The lowest BCUT2D eigenvalue weighted by atomic mass is 9.93. The van der Waals surface area contributed by atoms with Crippen molar-refractivity contribution in [3.63, 3.8) is 0 Å². The van der Waals surface area contributed by atoms with Crippen molar-refractivity contribution in [3.05, 3.63) is 18.0 Å². The molecule has 0 radical (unpaired) electrons. The lowest BCUT2D eigenvalue weighted by molar-refractivity contribution is 0.0638. The molecule has 4 heteroatoms.